The Morgan fingerprint density at radius 3 is 2.53 bits per heavy atom. The van der Waals surface area contributed by atoms with Crippen LogP contribution in [0.5, 0.6) is 0 Å². The van der Waals surface area contributed by atoms with Crippen LogP contribution in [0.25, 0.3) is 0 Å². The van der Waals surface area contributed by atoms with E-state index in [4.69, 9.17) is 0 Å². The fourth-order valence-electron chi connectivity index (χ4n) is 2.84. The van der Waals surface area contributed by atoms with Gasteiger partial charge in [-0.15, -0.1) is 0 Å². The standard InChI is InChI=1S/C12H23NOS/c14-9-11-3-1-2-10(11)8-13-12-4-6-15-7-5-12/h10-14H,1-9H2. The number of hydrogen-bond donors (Lipinski definition) is 2. The summed E-state index contributed by atoms with van der Waals surface area (Å²) in [6.45, 7) is 1.54. The van der Waals surface area contributed by atoms with Gasteiger partial charge in [0, 0.05) is 12.6 Å². The highest BCUT2D eigenvalue weighted by atomic mass is 32.2. The molecule has 2 fully saturated rings. The van der Waals surface area contributed by atoms with Gasteiger partial charge in [0.05, 0.1) is 0 Å². The molecule has 88 valence electrons. The van der Waals surface area contributed by atoms with Crippen molar-refractivity contribution in [3.05, 3.63) is 0 Å². The van der Waals surface area contributed by atoms with Crippen molar-refractivity contribution in [1.29, 1.82) is 0 Å². The smallest absolute Gasteiger partial charge is 0.0462 e. The predicted octanol–water partition coefficient (Wildman–Crippen LogP) is 1.88. The van der Waals surface area contributed by atoms with E-state index in [2.05, 4.69) is 17.1 Å². The molecule has 3 heteroatoms. The van der Waals surface area contributed by atoms with Crippen molar-refractivity contribution in [2.45, 2.75) is 38.1 Å². The first-order valence-electron chi connectivity index (χ1n) is 6.32. The number of aliphatic hydroxyl groups excluding tert-OH is 1. The van der Waals surface area contributed by atoms with Crippen LogP contribution in [0.1, 0.15) is 32.1 Å². The van der Waals surface area contributed by atoms with Crippen molar-refractivity contribution in [2.24, 2.45) is 11.8 Å². The zero-order chi connectivity index (χ0) is 10.5. The Morgan fingerprint density at radius 1 is 1.07 bits per heavy atom. The molecule has 1 aliphatic heterocycles. The second kappa shape index (κ2) is 6.12. The topological polar surface area (TPSA) is 32.3 Å². The highest BCUT2D eigenvalue weighted by molar-refractivity contribution is 7.99. The van der Waals surface area contributed by atoms with E-state index in [0.717, 1.165) is 18.5 Å². The van der Waals surface area contributed by atoms with Gasteiger partial charge in [0.1, 0.15) is 0 Å². The molecule has 2 aliphatic rings. The molecule has 0 bridgehead atoms. The van der Waals surface area contributed by atoms with Gasteiger partial charge in [0.2, 0.25) is 0 Å². The van der Waals surface area contributed by atoms with Crippen LogP contribution in [0.15, 0.2) is 0 Å². The summed E-state index contributed by atoms with van der Waals surface area (Å²) < 4.78 is 0. The molecule has 1 aliphatic carbocycles. The normalized spacial score (nSPS) is 33.4. The van der Waals surface area contributed by atoms with Crippen molar-refractivity contribution >= 4 is 11.8 Å². The zero-order valence-electron chi connectivity index (χ0n) is 9.45. The van der Waals surface area contributed by atoms with Gasteiger partial charge in [-0.05, 0) is 55.6 Å². The molecule has 2 rings (SSSR count). The maximum atomic E-state index is 9.24. The number of nitrogens with one attached hydrogen (secondary N) is 1. The van der Waals surface area contributed by atoms with E-state index in [1.807, 2.05) is 0 Å². The molecule has 1 heterocycles. The first-order valence-corrected chi connectivity index (χ1v) is 7.47. The molecule has 15 heavy (non-hydrogen) atoms. The molecule has 0 aromatic heterocycles. The second-order valence-corrected chi connectivity index (χ2v) is 6.15. The Labute approximate surface area is 97.2 Å². The van der Waals surface area contributed by atoms with Gasteiger partial charge in [0.15, 0.2) is 0 Å². The van der Waals surface area contributed by atoms with E-state index in [1.54, 1.807) is 0 Å². The van der Waals surface area contributed by atoms with Gasteiger partial charge in [-0.1, -0.05) is 6.42 Å². The lowest BCUT2D eigenvalue weighted by molar-refractivity contribution is 0.189. The summed E-state index contributed by atoms with van der Waals surface area (Å²) in [7, 11) is 0. The number of hydrogen-bond acceptors (Lipinski definition) is 3. The first-order chi connectivity index (χ1) is 7.40. The highest BCUT2D eigenvalue weighted by Gasteiger charge is 2.27. The zero-order valence-corrected chi connectivity index (χ0v) is 10.3. The summed E-state index contributed by atoms with van der Waals surface area (Å²) in [5.41, 5.74) is 0. The molecule has 2 atom stereocenters. The molecule has 2 unspecified atom stereocenters. The average Bonchev–Trinajstić information content (AvgIpc) is 2.75. The predicted molar refractivity (Wildman–Crippen MR) is 66.3 cm³/mol. The first kappa shape index (κ1) is 11.7. The van der Waals surface area contributed by atoms with E-state index in [1.165, 1.54) is 43.6 Å². The summed E-state index contributed by atoms with van der Waals surface area (Å²) in [5, 5.41) is 12.9. The SMILES string of the molecule is OCC1CCCC1CNC1CCSCC1. The van der Waals surface area contributed by atoms with Crippen LogP contribution in [-0.2, 0) is 0 Å². The molecule has 0 amide bonds. The minimum absolute atomic E-state index is 0.396. The van der Waals surface area contributed by atoms with Crippen molar-refractivity contribution < 1.29 is 5.11 Å². The van der Waals surface area contributed by atoms with Crippen LogP contribution in [0.4, 0.5) is 0 Å². The van der Waals surface area contributed by atoms with Crippen LogP contribution < -0.4 is 5.32 Å². The molecule has 2 nitrogen and oxygen atoms in total. The van der Waals surface area contributed by atoms with Gasteiger partial charge in [-0.3, -0.25) is 0 Å². The minimum atomic E-state index is 0.396. The van der Waals surface area contributed by atoms with Crippen molar-refractivity contribution in [2.75, 3.05) is 24.7 Å². The lowest BCUT2D eigenvalue weighted by Crippen LogP contribution is -2.37. The molecular formula is C12H23NOS. The molecule has 0 radical (unpaired) electrons. The van der Waals surface area contributed by atoms with Crippen LogP contribution in [0.2, 0.25) is 0 Å². The van der Waals surface area contributed by atoms with E-state index in [9.17, 15) is 5.11 Å². The second-order valence-electron chi connectivity index (χ2n) is 4.93. The lowest BCUT2D eigenvalue weighted by Gasteiger charge is -2.26. The van der Waals surface area contributed by atoms with E-state index in [-0.39, 0.29) is 0 Å². The average molecular weight is 229 g/mol. The van der Waals surface area contributed by atoms with E-state index in [0.29, 0.717) is 12.5 Å². The van der Waals surface area contributed by atoms with Gasteiger partial charge in [-0.25, -0.2) is 0 Å². The molecular weight excluding hydrogens is 206 g/mol. The maximum Gasteiger partial charge on any atom is 0.0462 e. The summed E-state index contributed by atoms with van der Waals surface area (Å²) in [5.74, 6) is 3.97. The van der Waals surface area contributed by atoms with E-state index >= 15 is 0 Å². The minimum Gasteiger partial charge on any atom is -0.396 e. The fraction of sp³-hybridized carbons (Fsp3) is 1.00. The van der Waals surface area contributed by atoms with Gasteiger partial charge >= 0.3 is 0 Å². The number of thioether (sulfide) groups is 1. The quantitative estimate of drug-likeness (QED) is 0.772. The van der Waals surface area contributed by atoms with Crippen LogP contribution in [0.3, 0.4) is 0 Å². The van der Waals surface area contributed by atoms with E-state index < -0.39 is 0 Å². The molecule has 2 N–H and O–H groups in total. The summed E-state index contributed by atoms with van der Waals surface area (Å²) in [4.78, 5) is 0. The molecule has 0 aromatic carbocycles. The van der Waals surface area contributed by atoms with Crippen molar-refractivity contribution in [3.63, 3.8) is 0 Å². The third-order valence-electron chi connectivity index (χ3n) is 3.94. The summed E-state index contributed by atoms with van der Waals surface area (Å²) in [6, 6.07) is 0.756. The lowest BCUT2D eigenvalue weighted by atomic mass is 9.96. The molecule has 0 aromatic rings. The molecule has 1 saturated carbocycles. The van der Waals surface area contributed by atoms with Crippen LogP contribution in [-0.4, -0.2) is 35.8 Å². The monoisotopic (exact) mass is 229 g/mol. The molecule has 1 saturated heterocycles. The number of aliphatic hydroxyl groups is 1. The Hall–Kier alpha value is 0.270. The number of rotatable bonds is 4. The van der Waals surface area contributed by atoms with Crippen LogP contribution in [0, 0.1) is 11.8 Å². The van der Waals surface area contributed by atoms with Crippen molar-refractivity contribution in [1.82, 2.24) is 5.32 Å². The Morgan fingerprint density at radius 2 is 1.80 bits per heavy atom. The fourth-order valence-corrected chi connectivity index (χ4v) is 3.95. The largest absolute Gasteiger partial charge is 0.396 e. The Balaban J connectivity index is 1.67. The Kier molecular flexibility index (Phi) is 4.79. The summed E-state index contributed by atoms with van der Waals surface area (Å²) in [6.07, 6.45) is 6.55. The van der Waals surface area contributed by atoms with Crippen LogP contribution >= 0.6 is 11.8 Å². The van der Waals surface area contributed by atoms with Crippen molar-refractivity contribution in [3.8, 4) is 0 Å². The third kappa shape index (κ3) is 3.36. The molecule has 0 spiro atoms. The van der Waals surface area contributed by atoms with Gasteiger partial charge in [-0.2, -0.15) is 11.8 Å². The third-order valence-corrected chi connectivity index (χ3v) is 4.99. The highest BCUT2D eigenvalue weighted by Crippen LogP contribution is 2.31. The Bertz CT molecular complexity index is 182. The van der Waals surface area contributed by atoms with Gasteiger partial charge in [0.25, 0.3) is 0 Å². The summed E-state index contributed by atoms with van der Waals surface area (Å²) >= 11 is 2.08. The maximum absolute atomic E-state index is 9.24. The van der Waals surface area contributed by atoms with Gasteiger partial charge < -0.3 is 10.4 Å².